The Morgan fingerprint density at radius 2 is 2.21 bits per heavy atom. The zero-order valence-electron chi connectivity index (χ0n) is 10.5. The molecule has 0 fully saturated rings. The van der Waals surface area contributed by atoms with Crippen LogP contribution < -0.4 is 5.32 Å². The molecule has 0 atom stereocenters. The lowest BCUT2D eigenvalue weighted by Gasteiger charge is -2.13. The summed E-state index contributed by atoms with van der Waals surface area (Å²) in [4.78, 5) is 15.6. The molecule has 9 heteroatoms. The minimum atomic E-state index is -0.969. The van der Waals surface area contributed by atoms with E-state index in [0.29, 0.717) is 0 Å². The molecule has 2 N–H and O–H groups in total. The quantitative estimate of drug-likeness (QED) is 0.405. The van der Waals surface area contributed by atoms with Crippen molar-refractivity contribution in [3.8, 4) is 0 Å². The normalized spacial score (nSPS) is 11.0. The van der Waals surface area contributed by atoms with E-state index in [9.17, 15) is 9.18 Å². The zero-order valence-corrected chi connectivity index (χ0v) is 10.5. The number of carbonyl (C=O) groups excluding carboxylic acids is 1. The molecule has 8 nitrogen and oxygen atoms in total. The zero-order chi connectivity index (χ0) is 14.3. The maximum absolute atomic E-state index is 12.8. The van der Waals surface area contributed by atoms with E-state index in [1.807, 2.05) is 0 Å². The molecule has 0 bridgehead atoms. The van der Waals surface area contributed by atoms with Crippen LogP contribution in [0.15, 0.2) is 4.52 Å². The Balaban J connectivity index is 2.71. The SMILES string of the molecule is COC(CNC(=O)c1noc(COO)c1CF)OC. The van der Waals surface area contributed by atoms with E-state index >= 15 is 0 Å². The van der Waals surface area contributed by atoms with Crippen LogP contribution in [0, 0.1) is 0 Å². The van der Waals surface area contributed by atoms with Crippen LogP contribution in [0.2, 0.25) is 0 Å². The molecule has 0 aliphatic heterocycles. The molecule has 108 valence electrons. The van der Waals surface area contributed by atoms with E-state index in [1.54, 1.807) is 0 Å². The molecule has 0 aromatic carbocycles. The van der Waals surface area contributed by atoms with Crippen molar-refractivity contribution in [3.63, 3.8) is 0 Å². The van der Waals surface area contributed by atoms with Gasteiger partial charge in [0.25, 0.3) is 5.91 Å². The van der Waals surface area contributed by atoms with Gasteiger partial charge >= 0.3 is 0 Å². The highest BCUT2D eigenvalue weighted by Crippen LogP contribution is 2.16. The molecule has 19 heavy (non-hydrogen) atoms. The van der Waals surface area contributed by atoms with Crippen molar-refractivity contribution in [2.24, 2.45) is 0 Å². The summed E-state index contributed by atoms with van der Waals surface area (Å²) in [6, 6.07) is 0. The van der Waals surface area contributed by atoms with Gasteiger partial charge in [-0.05, 0) is 0 Å². The van der Waals surface area contributed by atoms with E-state index in [1.165, 1.54) is 14.2 Å². The molecular weight excluding hydrogens is 263 g/mol. The standard InChI is InChI=1S/C10H15FN2O6/c1-16-8(17-2)4-12-10(14)9-6(3-11)7(5-18-15)19-13-9/h8,15H,3-5H2,1-2H3,(H,12,14). The van der Waals surface area contributed by atoms with Crippen molar-refractivity contribution in [3.05, 3.63) is 17.0 Å². The number of methoxy groups -OCH3 is 2. The molecule has 0 aliphatic carbocycles. The second kappa shape index (κ2) is 7.79. The van der Waals surface area contributed by atoms with Gasteiger partial charge in [0.1, 0.15) is 13.3 Å². The number of nitrogens with one attached hydrogen (secondary N) is 1. The third kappa shape index (κ3) is 3.96. The molecule has 1 aromatic rings. The fraction of sp³-hybridized carbons (Fsp3) is 0.600. The summed E-state index contributed by atoms with van der Waals surface area (Å²) in [6.45, 7) is -1.29. The summed E-state index contributed by atoms with van der Waals surface area (Å²) in [6.07, 6.45) is -0.620. The highest BCUT2D eigenvalue weighted by atomic mass is 19.1. The van der Waals surface area contributed by atoms with Crippen LogP contribution in [0.5, 0.6) is 0 Å². The number of halogens is 1. The first kappa shape index (κ1) is 15.5. The highest BCUT2D eigenvalue weighted by molar-refractivity contribution is 5.93. The van der Waals surface area contributed by atoms with Gasteiger partial charge in [-0.15, -0.1) is 0 Å². The summed E-state index contributed by atoms with van der Waals surface area (Å²) in [5, 5.41) is 14.2. The van der Waals surface area contributed by atoms with Crippen LogP contribution in [0.1, 0.15) is 21.8 Å². The third-order valence-electron chi connectivity index (χ3n) is 2.37. The minimum absolute atomic E-state index is 0.0508. The molecule has 0 radical (unpaired) electrons. The topological polar surface area (TPSA) is 103 Å². The fourth-order valence-corrected chi connectivity index (χ4v) is 1.35. The molecule has 1 aromatic heterocycles. The predicted octanol–water partition coefficient (Wildman–Crippen LogP) is 0.482. The Kier molecular flexibility index (Phi) is 6.36. The van der Waals surface area contributed by atoms with Gasteiger partial charge < -0.3 is 19.3 Å². The number of aromatic nitrogens is 1. The monoisotopic (exact) mass is 278 g/mol. The average Bonchev–Trinajstić information content (AvgIpc) is 2.83. The number of ether oxygens (including phenoxy) is 2. The number of alkyl halides is 1. The maximum atomic E-state index is 12.8. The van der Waals surface area contributed by atoms with Crippen LogP contribution in [-0.4, -0.2) is 43.4 Å². The fourth-order valence-electron chi connectivity index (χ4n) is 1.35. The molecule has 0 saturated carbocycles. The lowest BCUT2D eigenvalue weighted by atomic mass is 10.2. The van der Waals surface area contributed by atoms with Crippen molar-refractivity contribution in [2.75, 3.05) is 20.8 Å². The van der Waals surface area contributed by atoms with Crippen LogP contribution in [0.25, 0.3) is 0 Å². The van der Waals surface area contributed by atoms with E-state index in [2.05, 4.69) is 15.4 Å². The number of hydrogen-bond acceptors (Lipinski definition) is 7. The molecule has 1 heterocycles. The van der Waals surface area contributed by atoms with Gasteiger partial charge in [-0.25, -0.2) is 9.28 Å². The van der Waals surface area contributed by atoms with Crippen LogP contribution >= 0.6 is 0 Å². The predicted molar refractivity (Wildman–Crippen MR) is 58.9 cm³/mol. The lowest BCUT2D eigenvalue weighted by molar-refractivity contribution is -0.256. The van der Waals surface area contributed by atoms with Crippen LogP contribution in [0.3, 0.4) is 0 Å². The Morgan fingerprint density at radius 1 is 1.53 bits per heavy atom. The van der Waals surface area contributed by atoms with Gasteiger partial charge in [-0.3, -0.25) is 10.1 Å². The Bertz CT molecular complexity index is 407. The minimum Gasteiger partial charge on any atom is -0.358 e. The van der Waals surface area contributed by atoms with Crippen LogP contribution in [-0.2, 0) is 27.6 Å². The van der Waals surface area contributed by atoms with Gasteiger partial charge in [0, 0.05) is 14.2 Å². The Labute approximate surface area is 108 Å². The van der Waals surface area contributed by atoms with Gasteiger partial charge in [0.15, 0.2) is 17.7 Å². The molecule has 0 spiro atoms. The van der Waals surface area contributed by atoms with Crippen molar-refractivity contribution >= 4 is 5.91 Å². The van der Waals surface area contributed by atoms with Crippen molar-refractivity contribution in [1.29, 1.82) is 0 Å². The lowest BCUT2D eigenvalue weighted by Crippen LogP contribution is -2.34. The van der Waals surface area contributed by atoms with E-state index in [-0.39, 0.29) is 23.6 Å². The molecule has 0 aliphatic rings. The van der Waals surface area contributed by atoms with E-state index < -0.39 is 25.5 Å². The number of amides is 1. The maximum Gasteiger partial charge on any atom is 0.274 e. The van der Waals surface area contributed by atoms with Crippen molar-refractivity contribution in [1.82, 2.24) is 10.5 Å². The Hall–Kier alpha value is -1.55. The number of nitrogens with zero attached hydrogens (tertiary/aromatic N) is 1. The number of carbonyl (C=O) groups is 1. The van der Waals surface area contributed by atoms with Gasteiger partial charge in [0.05, 0.1) is 12.1 Å². The Morgan fingerprint density at radius 3 is 2.74 bits per heavy atom. The number of rotatable bonds is 8. The molecule has 0 unspecified atom stereocenters. The van der Waals surface area contributed by atoms with Gasteiger partial charge in [-0.2, -0.15) is 0 Å². The second-order valence-electron chi connectivity index (χ2n) is 3.45. The molecule has 0 saturated heterocycles. The number of hydrogen-bond donors (Lipinski definition) is 2. The van der Waals surface area contributed by atoms with Crippen molar-refractivity contribution < 1.29 is 33.3 Å². The third-order valence-corrected chi connectivity index (χ3v) is 2.37. The summed E-state index contributed by atoms with van der Waals surface area (Å²) < 4.78 is 27.3. The first-order chi connectivity index (χ1) is 9.17. The summed E-state index contributed by atoms with van der Waals surface area (Å²) in [5.41, 5.74) is -0.279. The molecular formula is C10H15FN2O6. The molecule has 1 rings (SSSR count). The largest absolute Gasteiger partial charge is 0.358 e. The highest BCUT2D eigenvalue weighted by Gasteiger charge is 2.22. The van der Waals surface area contributed by atoms with Crippen LogP contribution in [0.4, 0.5) is 4.39 Å². The second-order valence-corrected chi connectivity index (χ2v) is 3.45. The first-order valence-electron chi connectivity index (χ1n) is 5.31. The summed E-state index contributed by atoms with van der Waals surface area (Å²) in [5.74, 6) is -0.690. The van der Waals surface area contributed by atoms with Crippen molar-refractivity contribution in [2.45, 2.75) is 19.6 Å². The van der Waals surface area contributed by atoms with E-state index in [0.717, 1.165) is 0 Å². The van der Waals surface area contributed by atoms with Gasteiger partial charge in [-0.1, -0.05) is 5.16 Å². The summed E-state index contributed by atoms with van der Waals surface area (Å²) >= 11 is 0. The smallest absolute Gasteiger partial charge is 0.274 e. The molecule has 1 amide bonds. The first-order valence-corrected chi connectivity index (χ1v) is 5.31. The average molecular weight is 278 g/mol. The van der Waals surface area contributed by atoms with Gasteiger partial charge in [0.2, 0.25) is 0 Å². The summed E-state index contributed by atoms with van der Waals surface area (Å²) in [7, 11) is 2.83. The van der Waals surface area contributed by atoms with E-state index in [4.69, 9.17) is 19.3 Å².